The first-order chi connectivity index (χ1) is 11.6. The van der Waals surface area contributed by atoms with E-state index in [4.69, 9.17) is 0 Å². The number of sulfonamides is 1. The van der Waals surface area contributed by atoms with Gasteiger partial charge in [0.2, 0.25) is 10.0 Å². The highest BCUT2D eigenvalue weighted by molar-refractivity contribution is 14.0. The van der Waals surface area contributed by atoms with Gasteiger partial charge in [0.15, 0.2) is 17.4 Å². The molecule has 0 aliphatic carbocycles. The summed E-state index contributed by atoms with van der Waals surface area (Å²) < 4.78 is 27.1. The highest BCUT2D eigenvalue weighted by Crippen LogP contribution is 2.03. The first kappa shape index (κ1) is 21.6. The van der Waals surface area contributed by atoms with Gasteiger partial charge in [0, 0.05) is 25.8 Å². The highest BCUT2D eigenvalue weighted by atomic mass is 127. The summed E-state index contributed by atoms with van der Waals surface area (Å²) in [6.07, 6.45) is 1.89. The maximum absolute atomic E-state index is 11.4. The lowest BCUT2D eigenvalue weighted by Gasteiger charge is -2.11. The van der Waals surface area contributed by atoms with E-state index in [1.807, 2.05) is 35.7 Å². The molecule has 2 heterocycles. The van der Waals surface area contributed by atoms with E-state index in [1.165, 1.54) is 0 Å². The largest absolute Gasteiger partial charge is 0.357 e. The predicted octanol–water partition coefficient (Wildman–Crippen LogP) is 0.342. The molecule has 0 saturated carbocycles. The van der Waals surface area contributed by atoms with Crippen molar-refractivity contribution in [2.45, 2.75) is 20.4 Å². The van der Waals surface area contributed by atoms with E-state index in [2.05, 4.69) is 30.5 Å². The SMILES string of the molecule is CCNC(=NCc1nnc2ccccn12)NCCNS(=O)(=O)CC.I. The Balaban J connectivity index is 0.00000312. The number of rotatable bonds is 8. The molecule has 0 radical (unpaired) electrons. The zero-order chi connectivity index (χ0) is 17.4. The van der Waals surface area contributed by atoms with Crippen molar-refractivity contribution in [1.82, 2.24) is 30.0 Å². The zero-order valence-electron chi connectivity index (χ0n) is 14.3. The first-order valence-electron chi connectivity index (χ1n) is 7.84. The van der Waals surface area contributed by atoms with Crippen LogP contribution in [0.2, 0.25) is 0 Å². The third kappa shape index (κ3) is 6.74. The average molecular weight is 481 g/mol. The normalized spacial score (nSPS) is 12.0. The zero-order valence-corrected chi connectivity index (χ0v) is 17.4. The fourth-order valence-electron chi connectivity index (χ4n) is 1.98. The summed E-state index contributed by atoms with van der Waals surface area (Å²) >= 11 is 0. The van der Waals surface area contributed by atoms with Gasteiger partial charge in [-0.15, -0.1) is 34.2 Å². The molecular weight excluding hydrogens is 457 g/mol. The van der Waals surface area contributed by atoms with E-state index >= 15 is 0 Å². The minimum Gasteiger partial charge on any atom is -0.357 e. The molecule has 0 aliphatic heterocycles. The molecule has 3 N–H and O–H groups in total. The number of guanidine groups is 1. The lowest BCUT2D eigenvalue weighted by molar-refractivity contribution is 0.582. The number of fused-ring (bicyclic) bond motifs is 1. The molecule has 0 spiro atoms. The third-order valence-corrected chi connectivity index (χ3v) is 4.63. The second-order valence-electron chi connectivity index (χ2n) is 4.96. The topological polar surface area (TPSA) is 113 Å². The number of pyridine rings is 1. The van der Waals surface area contributed by atoms with E-state index in [-0.39, 0.29) is 29.7 Å². The van der Waals surface area contributed by atoms with Crippen molar-refractivity contribution >= 4 is 45.6 Å². The molecule has 0 aromatic carbocycles. The van der Waals surface area contributed by atoms with Crippen molar-refractivity contribution in [2.75, 3.05) is 25.4 Å². The number of aromatic nitrogens is 3. The summed E-state index contributed by atoms with van der Waals surface area (Å²) in [7, 11) is -3.17. The number of nitrogens with zero attached hydrogens (tertiary/aromatic N) is 4. The van der Waals surface area contributed by atoms with Crippen LogP contribution in [0.5, 0.6) is 0 Å². The van der Waals surface area contributed by atoms with Gasteiger partial charge in [-0.05, 0) is 26.0 Å². The maximum Gasteiger partial charge on any atom is 0.211 e. The first-order valence-corrected chi connectivity index (χ1v) is 9.49. The molecular formula is C14H24IN7O2S. The van der Waals surface area contributed by atoms with E-state index in [0.29, 0.717) is 32.1 Å². The molecule has 0 atom stereocenters. The van der Waals surface area contributed by atoms with Gasteiger partial charge in [-0.3, -0.25) is 4.40 Å². The Morgan fingerprint density at radius 3 is 2.72 bits per heavy atom. The van der Waals surface area contributed by atoms with Gasteiger partial charge in [0.1, 0.15) is 6.54 Å². The summed E-state index contributed by atoms with van der Waals surface area (Å²) in [5, 5.41) is 14.4. The molecule has 140 valence electrons. The summed E-state index contributed by atoms with van der Waals surface area (Å²) in [4.78, 5) is 4.45. The van der Waals surface area contributed by atoms with Crippen molar-refractivity contribution in [2.24, 2.45) is 4.99 Å². The van der Waals surface area contributed by atoms with E-state index in [1.54, 1.807) is 6.92 Å². The second kappa shape index (κ2) is 10.5. The van der Waals surface area contributed by atoms with Crippen LogP contribution in [0.25, 0.3) is 5.65 Å². The molecule has 0 bridgehead atoms. The quantitative estimate of drug-likeness (QED) is 0.217. The lowest BCUT2D eigenvalue weighted by atomic mass is 10.4. The Morgan fingerprint density at radius 2 is 2.00 bits per heavy atom. The Bertz CT molecular complexity index is 791. The summed E-state index contributed by atoms with van der Waals surface area (Å²) in [5.41, 5.74) is 0.773. The Hall–Kier alpha value is -1.47. The van der Waals surface area contributed by atoms with Gasteiger partial charge < -0.3 is 10.6 Å². The number of hydrogen-bond donors (Lipinski definition) is 3. The number of halogens is 1. The van der Waals surface area contributed by atoms with Crippen LogP contribution in [0.3, 0.4) is 0 Å². The molecule has 0 fully saturated rings. The lowest BCUT2D eigenvalue weighted by Crippen LogP contribution is -2.41. The van der Waals surface area contributed by atoms with E-state index in [9.17, 15) is 8.42 Å². The molecule has 0 saturated heterocycles. The summed E-state index contributed by atoms with van der Waals surface area (Å²) in [5.74, 6) is 1.40. The molecule has 9 nitrogen and oxygen atoms in total. The van der Waals surface area contributed by atoms with Gasteiger partial charge in [0.05, 0.1) is 5.75 Å². The molecule has 0 aliphatic rings. The van der Waals surface area contributed by atoms with Crippen LogP contribution in [-0.2, 0) is 16.6 Å². The number of nitrogens with one attached hydrogen (secondary N) is 3. The van der Waals surface area contributed by atoms with Crippen LogP contribution >= 0.6 is 24.0 Å². The van der Waals surface area contributed by atoms with Crippen molar-refractivity contribution in [1.29, 1.82) is 0 Å². The smallest absolute Gasteiger partial charge is 0.211 e. The molecule has 2 aromatic rings. The molecule has 0 amide bonds. The molecule has 2 aromatic heterocycles. The summed E-state index contributed by atoms with van der Waals surface area (Å²) in [6, 6.07) is 5.69. The monoisotopic (exact) mass is 481 g/mol. The summed E-state index contributed by atoms with van der Waals surface area (Å²) in [6.45, 7) is 5.36. The maximum atomic E-state index is 11.4. The van der Waals surface area contributed by atoms with Crippen LogP contribution < -0.4 is 15.4 Å². The average Bonchev–Trinajstić information content (AvgIpc) is 2.99. The van der Waals surface area contributed by atoms with Crippen LogP contribution in [0.1, 0.15) is 19.7 Å². The van der Waals surface area contributed by atoms with Gasteiger partial charge in [0.25, 0.3) is 0 Å². The highest BCUT2D eigenvalue weighted by Gasteiger charge is 2.06. The number of hydrogen-bond acceptors (Lipinski definition) is 5. The predicted molar refractivity (Wildman–Crippen MR) is 109 cm³/mol. The Kier molecular flexibility index (Phi) is 9.06. The van der Waals surface area contributed by atoms with Gasteiger partial charge in [-0.1, -0.05) is 6.07 Å². The van der Waals surface area contributed by atoms with Crippen molar-refractivity contribution in [3.8, 4) is 0 Å². The van der Waals surface area contributed by atoms with Gasteiger partial charge >= 0.3 is 0 Å². The van der Waals surface area contributed by atoms with Crippen LogP contribution in [0.15, 0.2) is 29.4 Å². The standard InChI is InChI=1S/C14H23N7O2S.HI/c1-3-15-14(16-8-9-18-24(22,23)4-2)17-11-13-20-19-12-7-5-6-10-21(12)13;/h5-7,10,18H,3-4,8-9,11H2,1-2H3,(H2,15,16,17);1H. The van der Waals surface area contributed by atoms with Crippen LogP contribution in [0.4, 0.5) is 0 Å². The van der Waals surface area contributed by atoms with Crippen molar-refractivity contribution in [3.05, 3.63) is 30.2 Å². The number of aliphatic imine (C=N–C) groups is 1. The molecule has 25 heavy (non-hydrogen) atoms. The van der Waals surface area contributed by atoms with Crippen LogP contribution in [-0.4, -0.2) is 54.4 Å². The Morgan fingerprint density at radius 1 is 1.20 bits per heavy atom. The fourth-order valence-corrected chi connectivity index (χ4v) is 2.60. The molecule has 0 unspecified atom stereocenters. The molecule has 11 heteroatoms. The van der Waals surface area contributed by atoms with Crippen molar-refractivity contribution < 1.29 is 8.42 Å². The van der Waals surface area contributed by atoms with Gasteiger partial charge in [-0.2, -0.15) is 0 Å². The Labute approximate surface area is 164 Å². The minimum atomic E-state index is -3.17. The van der Waals surface area contributed by atoms with Crippen molar-refractivity contribution in [3.63, 3.8) is 0 Å². The van der Waals surface area contributed by atoms with Crippen LogP contribution in [0, 0.1) is 0 Å². The van der Waals surface area contributed by atoms with E-state index in [0.717, 1.165) is 11.5 Å². The fraction of sp³-hybridized carbons (Fsp3) is 0.500. The van der Waals surface area contributed by atoms with Gasteiger partial charge in [-0.25, -0.2) is 18.1 Å². The third-order valence-electron chi connectivity index (χ3n) is 3.23. The second-order valence-corrected chi connectivity index (χ2v) is 7.06. The minimum absolute atomic E-state index is 0. The molecule has 2 rings (SSSR count). The van der Waals surface area contributed by atoms with E-state index < -0.39 is 10.0 Å².